The van der Waals surface area contributed by atoms with E-state index in [2.05, 4.69) is 31.7 Å². The molecule has 21 heavy (non-hydrogen) atoms. The van der Waals surface area contributed by atoms with Gasteiger partial charge in [-0.25, -0.2) is 0 Å². The normalized spacial score (nSPS) is 57.0. The molecule has 0 heterocycles. The van der Waals surface area contributed by atoms with Gasteiger partial charge in [-0.15, -0.1) is 0 Å². The molecular weight excluding hydrogens is 256 g/mol. The molecule has 0 radical (unpaired) electrons. The van der Waals surface area contributed by atoms with Crippen LogP contribution in [0.5, 0.6) is 0 Å². The van der Waals surface area contributed by atoms with E-state index in [0.717, 1.165) is 30.6 Å². The van der Waals surface area contributed by atoms with Crippen LogP contribution in [0.3, 0.4) is 0 Å². The number of rotatable bonds is 0. The first-order chi connectivity index (χ1) is 9.99. The molecule has 0 bridgehead atoms. The van der Waals surface area contributed by atoms with Gasteiger partial charge in [0.05, 0.1) is 5.60 Å². The van der Waals surface area contributed by atoms with Crippen molar-refractivity contribution in [3.8, 4) is 0 Å². The molecule has 0 saturated heterocycles. The van der Waals surface area contributed by atoms with Crippen LogP contribution in [-0.2, 0) is 0 Å². The highest BCUT2D eigenvalue weighted by molar-refractivity contribution is 5.43. The number of allylic oxidation sites excluding steroid dienone is 5. The lowest BCUT2D eigenvalue weighted by atomic mass is 9.50. The summed E-state index contributed by atoms with van der Waals surface area (Å²) in [6, 6.07) is 0. The quantitative estimate of drug-likeness (QED) is 0.698. The van der Waals surface area contributed by atoms with E-state index >= 15 is 0 Å². The summed E-state index contributed by atoms with van der Waals surface area (Å²) in [5, 5.41) is 10.7. The van der Waals surface area contributed by atoms with Gasteiger partial charge < -0.3 is 5.11 Å². The average molecular weight is 282 g/mol. The van der Waals surface area contributed by atoms with E-state index in [1.807, 2.05) is 0 Å². The number of hydrogen-bond donors (Lipinski definition) is 1. The number of hydrogen-bond acceptors (Lipinski definition) is 1. The average Bonchev–Trinajstić information content (AvgIpc) is 2.92. The number of aliphatic hydroxyl groups is 1. The molecule has 1 nitrogen and oxygen atoms in total. The lowest BCUT2D eigenvalue weighted by Gasteiger charge is -2.54. The van der Waals surface area contributed by atoms with Crippen LogP contribution in [0.25, 0.3) is 0 Å². The molecule has 0 aromatic heterocycles. The monoisotopic (exact) mass is 282 g/mol. The highest BCUT2D eigenvalue weighted by Crippen LogP contribution is 2.78. The van der Waals surface area contributed by atoms with Crippen LogP contribution < -0.4 is 0 Å². The molecule has 4 saturated carbocycles. The molecule has 0 aromatic carbocycles. The molecule has 6 atom stereocenters. The summed E-state index contributed by atoms with van der Waals surface area (Å²) < 4.78 is 0. The second-order valence-electron chi connectivity index (χ2n) is 8.72. The van der Waals surface area contributed by atoms with E-state index in [4.69, 9.17) is 0 Å². The zero-order valence-corrected chi connectivity index (χ0v) is 13.1. The van der Waals surface area contributed by atoms with Crippen LogP contribution in [0.15, 0.2) is 36.0 Å². The van der Waals surface area contributed by atoms with Crippen molar-refractivity contribution in [2.45, 2.75) is 57.5 Å². The molecule has 0 aliphatic heterocycles. The summed E-state index contributed by atoms with van der Waals surface area (Å²) in [4.78, 5) is 0. The predicted molar refractivity (Wildman–Crippen MR) is 84.6 cm³/mol. The van der Waals surface area contributed by atoms with Crippen LogP contribution in [-0.4, -0.2) is 10.7 Å². The van der Waals surface area contributed by atoms with Crippen molar-refractivity contribution >= 4 is 0 Å². The molecule has 0 amide bonds. The third kappa shape index (κ3) is 1.33. The molecule has 1 heteroatoms. The van der Waals surface area contributed by atoms with Crippen LogP contribution in [0.2, 0.25) is 0 Å². The molecular formula is C20H26O. The minimum Gasteiger partial charge on any atom is -0.389 e. The van der Waals surface area contributed by atoms with Crippen molar-refractivity contribution < 1.29 is 5.11 Å². The summed E-state index contributed by atoms with van der Waals surface area (Å²) in [5.74, 6) is 2.44. The third-order valence-electron chi connectivity index (χ3n) is 8.14. The maximum atomic E-state index is 10.7. The zero-order chi connectivity index (χ0) is 14.5. The van der Waals surface area contributed by atoms with Crippen LogP contribution in [0, 0.1) is 28.6 Å². The minimum atomic E-state index is -0.254. The van der Waals surface area contributed by atoms with E-state index in [9.17, 15) is 5.11 Å². The van der Waals surface area contributed by atoms with Gasteiger partial charge in [-0.1, -0.05) is 37.3 Å². The smallest absolute Gasteiger partial charge is 0.0714 e. The molecule has 5 aliphatic carbocycles. The second-order valence-corrected chi connectivity index (χ2v) is 8.72. The van der Waals surface area contributed by atoms with Gasteiger partial charge in [-0.3, -0.25) is 0 Å². The topological polar surface area (TPSA) is 20.2 Å². The van der Waals surface area contributed by atoms with Gasteiger partial charge in [0.2, 0.25) is 0 Å². The molecule has 5 aliphatic rings. The van der Waals surface area contributed by atoms with Crippen LogP contribution in [0.4, 0.5) is 0 Å². The van der Waals surface area contributed by atoms with E-state index in [0.29, 0.717) is 5.41 Å². The van der Waals surface area contributed by atoms with E-state index in [1.54, 1.807) is 5.57 Å². The molecule has 1 N–H and O–H groups in total. The van der Waals surface area contributed by atoms with Gasteiger partial charge in [-0.05, 0) is 68.3 Å². The van der Waals surface area contributed by atoms with Crippen molar-refractivity contribution in [1.29, 1.82) is 0 Å². The van der Waals surface area contributed by atoms with Gasteiger partial charge in [0.25, 0.3) is 0 Å². The fraction of sp³-hybridized carbons (Fsp3) is 0.700. The molecule has 1 spiro atoms. The minimum absolute atomic E-state index is 0.254. The van der Waals surface area contributed by atoms with Crippen molar-refractivity contribution in [2.24, 2.45) is 28.6 Å². The lowest BCUT2D eigenvalue weighted by molar-refractivity contribution is -0.00565. The molecule has 5 unspecified atom stereocenters. The lowest BCUT2D eigenvalue weighted by Crippen LogP contribution is -2.46. The Morgan fingerprint density at radius 1 is 1.19 bits per heavy atom. The Morgan fingerprint density at radius 3 is 2.81 bits per heavy atom. The van der Waals surface area contributed by atoms with E-state index in [-0.39, 0.29) is 11.0 Å². The van der Waals surface area contributed by atoms with Crippen LogP contribution in [0.1, 0.15) is 51.9 Å². The first-order valence-corrected chi connectivity index (χ1v) is 8.80. The molecule has 5 rings (SSSR count). The zero-order valence-electron chi connectivity index (χ0n) is 13.1. The van der Waals surface area contributed by atoms with Gasteiger partial charge in [0, 0.05) is 10.8 Å². The molecule has 112 valence electrons. The van der Waals surface area contributed by atoms with Crippen molar-refractivity contribution in [2.75, 3.05) is 0 Å². The van der Waals surface area contributed by atoms with Crippen molar-refractivity contribution in [3.63, 3.8) is 0 Å². The Balaban J connectivity index is 1.53. The standard InChI is InChI=1S/C20H26O/c1-13-5-8-18(2)14(11-13)3-4-15-16(18)6-9-19-12-20(19,21)10-7-17(15)19/h5,8,11,15-17,21H,1,3-4,6-7,9-10,12H2,2H3/t15?,16?,17?,18?,19?,20-/m0/s1. The Kier molecular flexibility index (Phi) is 2.15. The number of fused-ring (bicyclic) bond motifs is 4. The summed E-state index contributed by atoms with van der Waals surface area (Å²) >= 11 is 0. The summed E-state index contributed by atoms with van der Waals surface area (Å²) in [7, 11) is 0. The fourth-order valence-corrected chi connectivity index (χ4v) is 6.99. The summed E-state index contributed by atoms with van der Waals surface area (Å²) in [5.41, 5.74) is 3.15. The van der Waals surface area contributed by atoms with E-state index < -0.39 is 0 Å². The molecule has 4 fully saturated rings. The van der Waals surface area contributed by atoms with E-state index in [1.165, 1.54) is 37.7 Å². The highest BCUT2D eigenvalue weighted by Gasteiger charge is 2.76. The fourth-order valence-electron chi connectivity index (χ4n) is 6.99. The Labute approximate surface area is 127 Å². The van der Waals surface area contributed by atoms with Crippen LogP contribution >= 0.6 is 0 Å². The first-order valence-electron chi connectivity index (χ1n) is 8.80. The summed E-state index contributed by atoms with van der Waals surface area (Å²) in [6.07, 6.45) is 15.7. The van der Waals surface area contributed by atoms with Gasteiger partial charge >= 0.3 is 0 Å². The Hall–Kier alpha value is -0.820. The maximum absolute atomic E-state index is 10.7. The van der Waals surface area contributed by atoms with Crippen molar-refractivity contribution in [3.05, 3.63) is 36.0 Å². The van der Waals surface area contributed by atoms with Gasteiger partial charge in [0.1, 0.15) is 0 Å². The highest BCUT2D eigenvalue weighted by atomic mass is 16.3. The molecule has 0 aromatic rings. The Morgan fingerprint density at radius 2 is 2.00 bits per heavy atom. The maximum Gasteiger partial charge on any atom is 0.0714 e. The van der Waals surface area contributed by atoms with Crippen molar-refractivity contribution in [1.82, 2.24) is 0 Å². The predicted octanol–water partition coefficient (Wildman–Crippen LogP) is 4.40. The largest absolute Gasteiger partial charge is 0.389 e. The first kappa shape index (κ1) is 12.7. The SMILES string of the molecule is C=C1C=CC2(C)C(=C1)CCC1C2CCC23C[C@@]2(O)CCC13. The van der Waals surface area contributed by atoms with Gasteiger partial charge in [-0.2, -0.15) is 0 Å². The second kappa shape index (κ2) is 3.56. The summed E-state index contributed by atoms with van der Waals surface area (Å²) in [6.45, 7) is 6.59. The Bertz CT molecular complexity index is 599. The van der Waals surface area contributed by atoms with Gasteiger partial charge in [0.15, 0.2) is 0 Å². The third-order valence-corrected chi connectivity index (χ3v) is 8.14.